The quantitative estimate of drug-likeness (QED) is 0.187. The standard InChI is InChI=1S/C22H19F5N2O4/c1-22(2,3)33-21(32)29-13(8-10-4-6-11(30)7-5-10)20(31)12(9-28)14-15(23)17(25)19(27)18(26)16(14)24/h4-7,13,30-31H,8H2,1-3H3,(H,29,32). The summed E-state index contributed by atoms with van der Waals surface area (Å²) < 4.78 is 74.3. The highest BCUT2D eigenvalue weighted by Crippen LogP contribution is 2.31. The molecule has 6 nitrogen and oxygen atoms in total. The molecule has 1 atom stereocenters. The Kier molecular flexibility index (Phi) is 7.53. The second kappa shape index (κ2) is 9.77. The van der Waals surface area contributed by atoms with Crippen molar-refractivity contribution in [2.75, 3.05) is 0 Å². The number of phenols is 1. The van der Waals surface area contributed by atoms with Crippen molar-refractivity contribution in [1.29, 1.82) is 5.26 Å². The number of nitriles is 1. The number of halogens is 5. The van der Waals surface area contributed by atoms with Crippen LogP contribution in [0.25, 0.3) is 5.57 Å². The number of nitrogens with one attached hydrogen (secondary N) is 1. The number of phenolic OH excluding ortho intramolecular Hbond substituents is 1. The SMILES string of the molecule is CC(C)(C)OC(=O)NC(Cc1ccc(O)cc1)C(O)=C(C#N)c1c(F)c(F)c(F)c(F)c1F. The fourth-order valence-corrected chi connectivity index (χ4v) is 2.77. The van der Waals surface area contributed by atoms with Crippen LogP contribution in [0.15, 0.2) is 30.0 Å². The van der Waals surface area contributed by atoms with Crippen LogP contribution in [0.1, 0.15) is 31.9 Å². The highest BCUT2D eigenvalue weighted by atomic mass is 19.2. The van der Waals surface area contributed by atoms with Crippen LogP contribution in [0.3, 0.4) is 0 Å². The number of aromatic hydroxyl groups is 1. The number of benzene rings is 2. The van der Waals surface area contributed by atoms with E-state index in [-0.39, 0.29) is 12.2 Å². The molecule has 33 heavy (non-hydrogen) atoms. The molecule has 11 heteroatoms. The van der Waals surface area contributed by atoms with Gasteiger partial charge in [-0.2, -0.15) is 5.26 Å². The van der Waals surface area contributed by atoms with E-state index in [1.54, 1.807) is 0 Å². The van der Waals surface area contributed by atoms with Crippen LogP contribution in [0, 0.1) is 40.4 Å². The number of rotatable bonds is 5. The first-order chi connectivity index (χ1) is 15.3. The molecule has 0 aliphatic heterocycles. The lowest BCUT2D eigenvalue weighted by Crippen LogP contribution is -2.41. The zero-order valence-corrected chi connectivity index (χ0v) is 17.6. The maximum Gasteiger partial charge on any atom is 0.408 e. The van der Waals surface area contributed by atoms with Gasteiger partial charge in [-0.3, -0.25) is 0 Å². The van der Waals surface area contributed by atoms with Crippen LogP contribution in [0.5, 0.6) is 5.75 Å². The van der Waals surface area contributed by atoms with Crippen molar-refractivity contribution in [2.24, 2.45) is 0 Å². The number of nitrogens with zero attached hydrogens (tertiary/aromatic N) is 1. The number of carbonyl (C=O) groups is 1. The molecule has 0 spiro atoms. The number of allylic oxidation sites excluding steroid dienone is 1. The molecule has 0 saturated heterocycles. The maximum absolute atomic E-state index is 14.3. The van der Waals surface area contributed by atoms with Gasteiger partial charge in [0.05, 0.1) is 11.6 Å². The molecule has 1 amide bonds. The molecule has 1 unspecified atom stereocenters. The summed E-state index contributed by atoms with van der Waals surface area (Å²) in [6.07, 6.45) is -1.39. The first-order valence-corrected chi connectivity index (χ1v) is 9.39. The molecule has 2 aromatic carbocycles. The monoisotopic (exact) mass is 470 g/mol. The van der Waals surface area contributed by atoms with Crippen molar-refractivity contribution in [3.8, 4) is 11.8 Å². The minimum absolute atomic E-state index is 0.103. The lowest BCUT2D eigenvalue weighted by atomic mass is 9.97. The Hall–Kier alpha value is -3.81. The summed E-state index contributed by atoms with van der Waals surface area (Å²) in [6.45, 7) is 4.60. The number of carbonyl (C=O) groups excluding carboxylic acids is 1. The predicted octanol–water partition coefficient (Wildman–Crippen LogP) is 5.02. The van der Waals surface area contributed by atoms with E-state index in [2.05, 4.69) is 5.32 Å². The number of hydrogen-bond donors (Lipinski definition) is 3. The van der Waals surface area contributed by atoms with Gasteiger partial charge in [-0.15, -0.1) is 0 Å². The Labute approximate surface area is 185 Å². The summed E-state index contributed by atoms with van der Waals surface area (Å²) in [5.74, 6) is -13.0. The van der Waals surface area contributed by atoms with Crippen LogP contribution < -0.4 is 5.32 Å². The largest absolute Gasteiger partial charge is 0.509 e. The molecule has 0 heterocycles. The molecule has 3 N–H and O–H groups in total. The van der Waals surface area contributed by atoms with E-state index in [1.165, 1.54) is 51.1 Å². The summed E-state index contributed by atoms with van der Waals surface area (Å²) >= 11 is 0. The number of amides is 1. The van der Waals surface area contributed by atoms with E-state index in [0.29, 0.717) is 5.56 Å². The number of aliphatic hydroxyl groups is 1. The number of alkyl carbamates (subject to hydrolysis) is 1. The van der Waals surface area contributed by atoms with Crippen molar-refractivity contribution < 1.29 is 41.7 Å². The molecule has 0 radical (unpaired) electrons. The van der Waals surface area contributed by atoms with E-state index in [1.807, 2.05) is 0 Å². The second-order valence-corrected chi connectivity index (χ2v) is 7.89. The third-order valence-corrected chi connectivity index (χ3v) is 4.22. The molecule has 176 valence electrons. The third-order valence-electron chi connectivity index (χ3n) is 4.22. The average Bonchev–Trinajstić information content (AvgIpc) is 2.73. The Morgan fingerprint density at radius 2 is 1.52 bits per heavy atom. The first-order valence-electron chi connectivity index (χ1n) is 9.39. The van der Waals surface area contributed by atoms with Gasteiger partial charge in [0, 0.05) is 6.42 Å². The summed E-state index contributed by atoms with van der Waals surface area (Å²) in [6, 6.07) is 4.98. The van der Waals surface area contributed by atoms with E-state index in [9.17, 15) is 42.2 Å². The average molecular weight is 470 g/mol. The molecule has 0 aliphatic carbocycles. The van der Waals surface area contributed by atoms with Gasteiger partial charge in [0.25, 0.3) is 0 Å². The second-order valence-electron chi connectivity index (χ2n) is 7.89. The molecular formula is C22H19F5N2O4. The van der Waals surface area contributed by atoms with Crippen molar-refractivity contribution >= 4 is 11.7 Å². The van der Waals surface area contributed by atoms with E-state index in [4.69, 9.17) is 4.74 Å². The Morgan fingerprint density at radius 1 is 1.03 bits per heavy atom. The van der Waals surface area contributed by atoms with Gasteiger partial charge in [0.1, 0.15) is 28.8 Å². The van der Waals surface area contributed by atoms with Crippen LogP contribution in [0.2, 0.25) is 0 Å². The van der Waals surface area contributed by atoms with E-state index >= 15 is 0 Å². The summed E-state index contributed by atoms with van der Waals surface area (Å²) in [5.41, 5.74) is -3.53. The number of hydrogen-bond acceptors (Lipinski definition) is 5. The van der Waals surface area contributed by atoms with Gasteiger partial charge >= 0.3 is 6.09 Å². The van der Waals surface area contributed by atoms with Crippen molar-refractivity contribution in [3.05, 3.63) is 70.2 Å². The Bertz CT molecular complexity index is 1110. The van der Waals surface area contributed by atoms with E-state index in [0.717, 1.165) is 0 Å². The van der Waals surface area contributed by atoms with Crippen LogP contribution in [0.4, 0.5) is 26.7 Å². The number of ether oxygens (including phenoxy) is 1. The number of aliphatic hydroxyl groups excluding tert-OH is 1. The van der Waals surface area contributed by atoms with Gasteiger partial charge in [0.15, 0.2) is 23.3 Å². The lowest BCUT2D eigenvalue weighted by molar-refractivity contribution is 0.0501. The molecule has 2 rings (SSSR count). The van der Waals surface area contributed by atoms with Crippen molar-refractivity contribution in [1.82, 2.24) is 5.32 Å². The molecule has 0 aliphatic rings. The van der Waals surface area contributed by atoms with Gasteiger partial charge < -0.3 is 20.3 Å². The summed E-state index contributed by atoms with van der Waals surface area (Å²) in [7, 11) is 0. The van der Waals surface area contributed by atoms with Crippen LogP contribution in [-0.2, 0) is 11.2 Å². The third kappa shape index (κ3) is 5.91. The molecule has 0 fully saturated rings. The minimum atomic E-state index is -2.43. The highest BCUT2D eigenvalue weighted by molar-refractivity contribution is 5.80. The van der Waals surface area contributed by atoms with Crippen LogP contribution >= 0.6 is 0 Å². The van der Waals surface area contributed by atoms with Gasteiger partial charge in [-0.05, 0) is 38.5 Å². The van der Waals surface area contributed by atoms with Gasteiger partial charge in [0.2, 0.25) is 5.82 Å². The molecule has 0 bridgehead atoms. The minimum Gasteiger partial charge on any atom is -0.509 e. The maximum atomic E-state index is 14.3. The zero-order chi connectivity index (χ0) is 25.1. The molecule has 0 aromatic heterocycles. The summed E-state index contributed by atoms with van der Waals surface area (Å²) in [4.78, 5) is 12.2. The van der Waals surface area contributed by atoms with Gasteiger partial charge in [-0.1, -0.05) is 12.1 Å². The van der Waals surface area contributed by atoms with E-state index < -0.39 is 63.7 Å². The highest BCUT2D eigenvalue weighted by Gasteiger charge is 2.32. The fourth-order valence-electron chi connectivity index (χ4n) is 2.77. The Balaban J connectivity index is 2.63. The summed E-state index contributed by atoms with van der Waals surface area (Å²) in [5, 5.41) is 31.7. The topological polar surface area (TPSA) is 103 Å². The fraction of sp³-hybridized carbons (Fsp3) is 0.273. The smallest absolute Gasteiger partial charge is 0.408 e. The molecular weight excluding hydrogens is 451 g/mol. The van der Waals surface area contributed by atoms with Gasteiger partial charge in [-0.25, -0.2) is 26.7 Å². The molecule has 0 saturated carbocycles. The lowest BCUT2D eigenvalue weighted by Gasteiger charge is -2.24. The normalized spacial score (nSPS) is 13.1. The zero-order valence-electron chi connectivity index (χ0n) is 17.6. The molecule has 2 aromatic rings. The first kappa shape index (κ1) is 25.5. The predicted molar refractivity (Wildman–Crippen MR) is 106 cm³/mol. The Morgan fingerprint density at radius 3 is 1.97 bits per heavy atom. The van der Waals surface area contributed by atoms with Crippen molar-refractivity contribution in [3.63, 3.8) is 0 Å². The van der Waals surface area contributed by atoms with Crippen molar-refractivity contribution in [2.45, 2.75) is 38.8 Å². The van der Waals surface area contributed by atoms with Crippen LogP contribution in [-0.4, -0.2) is 27.9 Å².